The number of benzene rings is 3. The van der Waals surface area contributed by atoms with Gasteiger partial charge >= 0.3 is 0 Å². The second-order valence-corrected chi connectivity index (χ2v) is 7.05. The molecule has 1 aliphatic heterocycles. The maximum absolute atomic E-state index is 13.1. The molecule has 0 saturated heterocycles. The van der Waals surface area contributed by atoms with Crippen molar-refractivity contribution < 1.29 is 9.59 Å². The van der Waals surface area contributed by atoms with Crippen LogP contribution < -0.4 is 5.73 Å². The molecule has 2 N–H and O–H groups in total. The Morgan fingerprint density at radius 1 is 0.926 bits per heavy atom. The summed E-state index contributed by atoms with van der Waals surface area (Å²) in [4.78, 5) is 29.3. The van der Waals surface area contributed by atoms with E-state index in [9.17, 15) is 9.59 Å². The van der Waals surface area contributed by atoms with E-state index in [-0.39, 0.29) is 11.8 Å². The number of carbonyl (C=O) groups is 2. The SMILES string of the molecule is CN(C)CCN1C(=O)c2cccc3c(-c4ccccc4)c(N)cc(c23)C1=O. The van der Waals surface area contributed by atoms with E-state index in [4.69, 9.17) is 5.73 Å². The number of hydrogen-bond donors (Lipinski definition) is 1. The zero-order valence-electron chi connectivity index (χ0n) is 15.4. The Morgan fingerprint density at radius 3 is 2.33 bits per heavy atom. The third-order valence-electron chi connectivity index (χ3n) is 4.98. The Balaban J connectivity index is 1.95. The van der Waals surface area contributed by atoms with Crippen LogP contribution in [0.15, 0.2) is 54.6 Å². The van der Waals surface area contributed by atoms with Crippen molar-refractivity contribution in [1.29, 1.82) is 0 Å². The van der Waals surface area contributed by atoms with Crippen LogP contribution >= 0.6 is 0 Å². The number of hydrogen-bond acceptors (Lipinski definition) is 4. The Bertz CT molecular complexity index is 1060. The van der Waals surface area contributed by atoms with Crippen LogP contribution in [0.4, 0.5) is 5.69 Å². The molecular weight excluding hydrogens is 338 g/mol. The maximum Gasteiger partial charge on any atom is 0.261 e. The second kappa shape index (κ2) is 6.52. The number of carbonyl (C=O) groups excluding carboxylic acids is 2. The Labute approximate surface area is 158 Å². The van der Waals surface area contributed by atoms with Gasteiger partial charge in [0, 0.05) is 35.3 Å². The fourth-order valence-electron chi connectivity index (χ4n) is 3.67. The van der Waals surface area contributed by atoms with Crippen LogP contribution in [-0.2, 0) is 0 Å². The van der Waals surface area contributed by atoms with Crippen LogP contribution in [0.1, 0.15) is 20.7 Å². The second-order valence-electron chi connectivity index (χ2n) is 7.05. The van der Waals surface area contributed by atoms with E-state index in [1.54, 1.807) is 12.1 Å². The number of nitrogens with zero attached hydrogens (tertiary/aromatic N) is 2. The Kier molecular flexibility index (Phi) is 4.16. The first-order valence-electron chi connectivity index (χ1n) is 8.90. The predicted molar refractivity (Wildman–Crippen MR) is 108 cm³/mol. The van der Waals surface area contributed by atoms with Gasteiger partial charge in [0.2, 0.25) is 0 Å². The molecule has 0 radical (unpaired) electrons. The molecule has 0 saturated carbocycles. The van der Waals surface area contributed by atoms with E-state index < -0.39 is 0 Å². The highest BCUT2D eigenvalue weighted by Gasteiger charge is 2.33. The van der Waals surface area contributed by atoms with Crippen LogP contribution in [0.5, 0.6) is 0 Å². The summed E-state index contributed by atoms with van der Waals surface area (Å²) in [7, 11) is 3.83. The molecule has 0 atom stereocenters. The molecule has 5 nitrogen and oxygen atoms in total. The van der Waals surface area contributed by atoms with Gasteiger partial charge in [-0.25, -0.2) is 0 Å². The third kappa shape index (κ3) is 2.76. The number of anilines is 1. The molecule has 1 heterocycles. The van der Waals surface area contributed by atoms with E-state index in [0.29, 0.717) is 35.3 Å². The first-order chi connectivity index (χ1) is 13.0. The highest BCUT2D eigenvalue weighted by atomic mass is 16.2. The Hall–Kier alpha value is -3.18. The summed E-state index contributed by atoms with van der Waals surface area (Å²) in [5.74, 6) is -0.527. The van der Waals surface area contributed by atoms with E-state index in [0.717, 1.165) is 16.5 Å². The molecule has 0 spiro atoms. The van der Waals surface area contributed by atoms with Crippen LogP contribution in [0.3, 0.4) is 0 Å². The molecule has 1 aliphatic rings. The lowest BCUT2D eigenvalue weighted by atomic mass is 9.88. The lowest BCUT2D eigenvalue weighted by Crippen LogP contribution is -2.43. The van der Waals surface area contributed by atoms with E-state index in [1.165, 1.54) is 4.90 Å². The Morgan fingerprint density at radius 2 is 1.63 bits per heavy atom. The zero-order valence-corrected chi connectivity index (χ0v) is 15.4. The van der Waals surface area contributed by atoms with Gasteiger partial charge in [0.25, 0.3) is 11.8 Å². The van der Waals surface area contributed by atoms with Crippen LogP contribution in [-0.4, -0.2) is 48.8 Å². The fraction of sp³-hybridized carbons (Fsp3) is 0.182. The monoisotopic (exact) mass is 359 g/mol. The van der Waals surface area contributed by atoms with Crippen molar-refractivity contribution in [2.45, 2.75) is 0 Å². The van der Waals surface area contributed by atoms with Gasteiger partial charge < -0.3 is 10.6 Å². The lowest BCUT2D eigenvalue weighted by molar-refractivity contribution is 0.0601. The number of likely N-dealkylation sites (N-methyl/N-ethyl adjacent to an activating group) is 1. The smallest absolute Gasteiger partial charge is 0.261 e. The molecule has 136 valence electrons. The predicted octanol–water partition coefficient (Wildman–Crippen LogP) is 3.25. The van der Waals surface area contributed by atoms with Crippen molar-refractivity contribution >= 4 is 28.3 Å². The summed E-state index contributed by atoms with van der Waals surface area (Å²) in [6.45, 7) is 0.960. The average Bonchev–Trinajstić information content (AvgIpc) is 2.66. The summed E-state index contributed by atoms with van der Waals surface area (Å²) < 4.78 is 0. The van der Waals surface area contributed by atoms with Gasteiger partial charge in [-0.15, -0.1) is 0 Å². The first kappa shape index (κ1) is 17.2. The minimum atomic E-state index is -0.281. The molecule has 0 aromatic heterocycles. The highest BCUT2D eigenvalue weighted by molar-refractivity contribution is 6.28. The quantitative estimate of drug-likeness (QED) is 0.574. The molecule has 0 unspecified atom stereocenters. The number of amides is 2. The molecule has 3 aromatic carbocycles. The van der Waals surface area contributed by atoms with E-state index >= 15 is 0 Å². The summed E-state index contributed by atoms with van der Waals surface area (Å²) in [5, 5.41) is 1.53. The van der Waals surface area contributed by atoms with Gasteiger partial charge in [-0.3, -0.25) is 14.5 Å². The van der Waals surface area contributed by atoms with Crippen LogP contribution in [0.25, 0.3) is 21.9 Å². The number of rotatable bonds is 4. The maximum atomic E-state index is 13.1. The molecule has 5 heteroatoms. The number of imide groups is 1. The van der Waals surface area contributed by atoms with Gasteiger partial charge in [-0.1, -0.05) is 42.5 Å². The first-order valence-corrected chi connectivity index (χ1v) is 8.90. The van der Waals surface area contributed by atoms with Gasteiger partial charge in [0.15, 0.2) is 0 Å². The van der Waals surface area contributed by atoms with E-state index in [1.807, 2.05) is 61.5 Å². The van der Waals surface area contributed by atoms with Crippen molar-refractivity contribution in [1.82, 2.24) is 9.80 Å². The van der Waals surface area contributed by atoms with Crippen molar-refractivity contribution in [2.24, 2.45) is 0 Å². The van der Waals surface area contributed by atoms with Crippen LogP contribution in [0.2, 0.25) is 0 Å². The van der Waals surface area contributed by atoms with Crippen molar-refractivity contribution in [3.05, 3.63) is 65.7 Å². The minimum absolute atomic E-state index is 0.247. The zero-order chi connectivity index (χ0) is 19.1. The van der Waals surface area contributed by atoms with Crippen molar-refractivity contribution in [3.8, 4) is 11.1 Å². The summed E-state index contributed by atoms with van der Waals surface area (Å²) >= 11 is 0. The number of nitrogen functional groups attached to an aromatic ring is 1. The molecule has 27 heavy (non-hydrogen) atoms. The fourth-order valence-corrected chi connectivity index (χ4v) is 3.67. The summed E-state index contributed by atoms with van der Waals surface area (Å²) in [6.07, 6.45) is 0. The molecule has 2 amide bonds. The van der Waals surface area contributed by atoms with Crippen LogP contribution in [0, 0.1) is 0 Å². The van der Waals surface area contributed by atoms with Gasteiger partial charge in [0.1, 0.15) is 0 Å². The lowest BCUT2D eigenvalue weighted by Gasteiger charge is -2.29. The average molecular weight is 359 g/mol. The normalized spacial score (nSPS) is 13.7. The topological polar surface area (TPSA) is 66.6 Å². The molecule has 0 aliphatic carbocycles. The largest absolute Gasteiger partial charge is 0.398 e. The number of nitrogens with two attached hydrogens (primary N) is 1. The standard InChI is InChI=1S/C22H21N3O2/c1-24(2)11-12-25-21(26)16-10-6-9-15-19(14-7-4-3-5-8-14)18(23)13-17(20(15)16)22(25)27/h3-10,13H,11-12,23H2,1-2H3. The van der Waals surface area contributed by atoms with Crippen molar-refractivity contribution in [2.75, 3.05) is 32.9 Å². The van der Waals surface area contributed by atoms with Gasteiger partial charge in [0.05, 0.1) is 5.56 Å². The minimum Gasteiger partial charge on any atom is -0.398 e. The highest BCUT2D eigenvalue weighted by Crippen LogP contribution is 2.40. The summed E-state index contributed by atoms with van der Waals surface area (Å²) in [6, 6.07) is 17.1. The third-order valence-corrected chi connectivity index (χ3v) is 4.98. The molecule has 3 aromatic rings. The van der Waals surface area contributed by atoms with E-state index in [2.05, 4.69) is 0 Å². The van der Waals surface area contributed by atoms with Crippen molar-refractivity contribution in [3.63, 3.8) is 0 Å². The molecule has 0 bridgehead atoms. The molecular formula is C22H21N3O2. The molecule has 0 fully saturated rings. The van der Waals surface area contributed by atoms with Gasteiger partial charge in [-0.05, 0) is 37.2 Å². The van der Waals surface area contributed by atoms with Gasteiger partial charge in [-0.2, -0.15) is 0 Å². The molecule has 4 rings (SSSR count). The summed E-state index contributed by atoms with van der Waals surface area (Å²) in [5.41, 5.74) is 9.78.